The second kappa shape index (κ2) is 9.16. The molecule has 4 aromatic rings. The van der Waals surface area contributed by atoms with Gasteiger partial charge in [-0.2, -0.15) is 9.50 Å². The van der Waals surface area contributed by atoms with Crippen molar-refractivity contribution in [2.45, 2.75) is 26.2 Å². The van der Waals surface area contributed by atoms with Gasteiger partial charge in [0.1, 0.15) is 5.75 Å². The molecule has 0 bridgehead atoms. The molecule has 0 spiro atoms. The molecule has 4 rings (SSSR count). The van der Waals surface area contributed by atoms with E-state index < -0.39 is 0 Å². The fraction of sp³-hybridized carbons (Fsp3) is 0.227. The fourth-order valence-electron chi connectivity index (χ4n) is 2.98. The lowest BCUT2D eigenvalue weighted by atomic mass is 10.2. The van der Waals surface area contributed by atoms with Crippen molar-refractivity contribution >= 4 is 45.6 Å². The molecule has 2 aromatic carbocycles. The normalized spacial score (nSPS) is 12.0. The zero-order valence-corrected chi connectivity index (χ0v) is 18.6. The Morgan fingerprint density at radius 3 is 2.50 bits per heavy atom. The van der Waals surface area contributed by atoms with Crippen molar-refractivity contribution in [2.24, 2.45) is 0 Å². The molecule has 0 saturated carbocycles. The topological polar surface area (TPSA) is 56.5 Å². The highest BCUT2D eigenvalue weighted by molar-refractivity contribution is 7.15. The molecule has 0 unspecified atom stereocenters. The van der Waals surface area contributed by atoms with Crippen LogP contribution in [-0.4, -0.2) is 21.2 Å². The number of aromatic nitrogens is 3. The number of benzene rings is 2. The van der Waals surface area contributed by atoms with Gasteiger partial charge in [-0.1, -0.05) is 60.4 Å². The van der Waals surface area contributed by atoms with Crippen LogP contribution >= 0.6 is 34.5 Å². The summed E-state index contributed by atoms with van der Waals surface area (Å²) < 4.78 is 7.52. The highest BCUT2D eigenvalue weighted by Crippen LogP contribution is 2.25. The molecule has 30 heavy (non-hydrogen) atoms. The van der Waals surface area contributed by atoms with Crippen molar-refractivity contribution in [2.75, 3.05) is 6.61 Å². The van der Waals surface area contributed by atoms with E-state index in [4.69, 9.17) is 27.9 Å². The third kappa shape index (κ3) is 4.36. The van der Waals surface area contributed by atoms with Crippen LogP contribution in [0, 0.1) is 0 Å². The molecule has 2 aromatic heterocycles. The minimum Gasteiger partial charge on any atom is -0.494 e. The Bertz CT molecular complexity index is 1260. The zero-order chi connectivity index (χ0) is 21.1. The molecule has 0 fully saturated rings. The first-order chi connectivity index (χ1) is 14.6. The van der Waals surface area contributed by atoms with Gasteiger partial charge in [0, 0.05) is 21.2 Å². The predicted octanol–water partition coefficient (Wildman–Crippen LogP) is 5.24. The third-order valence-electron chi connectivity index (χ3n) is 4.59. The number of hydrogen-bond acceptors (Lipinski definition) is 5. The number of thiazole rings is 1. The van der Waals surface area contributed by atoms with Crippen LogP contribution in [0.4, 0.5) is 0 Å². The second-order valence-corrected chi connectivity index (χ2v) is 8.58. The van der Waals surface area contributed by atoms with Crippen molar-refractivity contribution in [1.29, 1.82) is 0 Å². The van der Waals surface area contributed by atoms with Crippen molar-refractivity contribution in [3.8, 4) is 17.1 Å². The number of fused-ring (bicyclic) bond motifs is 1. The number of halogens is 2. The van der Waals surface area contributed by atoms with E-state index in [0.29, 0.717) is 37.5 Å². The molecule has 0 saturated heterocycles. The van der Waals surface area contributed by atoms with Crippen LogP contribution in [0.2, 0.25) is 10.0 Å². The molecule has 0 aliphatic rings. The Morgan fingerprint density at radius 1 is 1.10 bits per heavy atom. The largest absolute Gasteiger partial charge is 0.494 e. The van der Waals surface area contributed by atoms with Crippen LogP contribution in [0.25, 0.3) is 22.4 Å². The summed E-state index contributed by atoms with van der Waals surface area (Å²) in [6, 6.07) is 12.8. The molecule has 0 aliphatic heterocycles. The maximum absolute atomic E-state index is 12.8. The van der Waals surface area contributed by atoms with Gasteiger partial charge in [-0.3, -0.25) is 4.79 Å². The van der Waals surface area contributed by atoms with Crippen molar-refractivity contribution in [3.05, 3.63) is 73.0 Å². The van der Waals surface area contributed by atoms with Crippen LogP contribution < -0.4 is 14.8 Å². The maximum atomic E-state index is 12.8. The van der Waals surface area contributed by atoms with Gasteiger partial charge in [-0.05, 0) is 48.9 Å². The van der Waals surface area contributed by atoms with Crippen LogP contribution in [0.5, 0.6) is 5.75 Å². The van der Waals surface area contributed by atoms with E-state index in [1.807, 2.05) is 24.3 Å². The van der Waals surface area contributed by atoms with Crippen LogP contribution in [0.3, 0.4) is 0 Å². The van der Waals surface area contributed by atoms with E-state index in [2.05, 4.69) is 17.0 Å². The number of hydrogen-bond donors (Lipinski definition) is 0. The van der Waals surface area contributed by atoms with Crippen molar-refractivity contribution < 1.29 is 4.74 Å². The summed E-state index contributed by atoms with van der Waals surface area (Å²) >= 11 is 13.7. The first-order valence-electron chi connectivity index (χ1n) is 9.65. The van der Waals surface area contributed by atoms with Crippen LogP contribution in [0.15, 0.2) is 47.3 Å². The monoisotopic (exact) mass is 459 g/mol. The highest BCUT2D eigenvalue weighted by atomic mass is 35.5. The van der Waals surface area contributed by atoms with Gasteiger partial charge in [0.05, 0.1) is 11.1 Å². The molecular formula is C22H19Cl2N3O2S. The molecule has 154 valence electrons. The van der Waals surface area contributed by atoms with Crippen LogP contribution in [-0.2, 0) is 0 Å². The summed E-state index contributed by atoms with van der Waals surface area (Å²) in [7, 11) is 0. The predicted molar refractivity (Wildman–Crippen MR) is 123 cm³/mol. The molecule has 0 radical (unpaired) electrons. The highest BCUT2D eigenvalue weighted by Gasteiger charge is 2.13. The number of unbranched alkanes of at least 4 members (excludes halogenated alkanes) is 2. The number of nitrogens with zero attached hydrogens (tertiary/aromatic N) is 3. The molecule has 2 heterocycles. The Kier molecular flexibility index (Phi) is 6.37. The smallest absolute Gasteiger partial charge is 0.291 e. The summed E-state index contributed by atoms with van der Waals surface area (Å²) in [4.78, 5) is 17.8. The lowest BCUT2D eigenvalue weighted by molar-refractivity contribution is 0.306. The van der Waals surface area contributed by atoms with E-state index in [0.717, 1.165) is 30.6 Å². The van der Waals surface area contributed by atoms with Gasteiger partial charge >= 0.3 is 0 Å². The third-order valence-corrected chi connectivity index (χ3v) is 6.20. The molecule has 0 aliphatic carbocycles. The van der Waals surface area contributed by atoms with Gasteiger partial charge in [0.25, 0.3) is 5.56 Å². The molecule has 8 heteroatoms. The maximum Gasteiger partial charge on any atom is 0.291 e. The summed E-state index contributed by atoms with van der Waals surface area (Å²) in [5.74, 6) is 1.31. The SMILES string of the molecule is CCCCCOc1ccc(-c2nc3sc(=Cc4c(Cl)cccc4Cl)c(=O)n3n2)cc1. The molecule has 0 atom stereocenters. The van der Waals surface area contributed by atoms with Gasteiger partial charge in [-0.15, -0.1) is 5.10 Å². The van der Waals surface area contributed by atoms with Crippen LogP contribution in [0.1, 0.15) is 31.7 Å². The molecular weight excluding hydrogens is 441 g/mol. The van der Waals surface area contributed by atoms with Gasteiger partial charge < -0.3 is 4.74 Å². The summed E-state index contributed by atoms with van der Waals surface area (Å²) in [5.41, 5.74) is 1.18. The molecule has 5 nitrogen and oxygen atoms in total. The lowest BCUT2D eigenvalue weighted by Crippen LogP contribution is -2.23. The fourth-order valence-corrected chi connectivity index (χ4v) is 4.37. The summed E-state index contributed by atoms with van der Waals surface area (Å²) in [6.07, 6.45) is 5.05. The van der Waals surface area contributed by atoms with E-state index in [1.54, 1.807) is 24.3 Å². The first kappa shape index (κ1) is 20.8. The second-order valence-electron chi connectivity index (χ2n) is 6.76. The van der Waals surface area contributed by atoms with E-state index in [-0.39, 0.29) is 5.56 Å². The Balaban J connectivity index is 1.60. The standard InChI is InChI=1S/C22H19Cl2N3O2S/c1-2-3-4-12-29-15-10-8-14(9-11-15)20-25-22-27(26-20)21(28)19(30-22)13-16-17(23)6-5-7-18(16)24/h5-11,13H,2-4,12H2,1H3. The average Bonchev–Trinajstić information content (AvgIpc) is 3.28. The van der Waals surface area contributed by atoms with E-state index in [1.165, 1.54) is 15.9 Å². The lowest BCUT2D eigenvalue weighted by Gasteiger charge is -2.05. The van der Waals surface area contributed by atoms with Crippen molar-refractivity contribution in [3.63, 3.8) is 0 Å². The van der Waals surface area contributed by atoms with E-state index in [9.17, 15) is 4.79 Å². The minimum absolute atomic E-state index is 0.249. The summed E-state index contributed by atoms with van der Waals surface area (Å²) in [6.45, 7) is 2.87. The van der Waals surface area contributed by atoms with Gasteiger partial charge in [0.2, 0.25) is 4.96 Å². The van der Waals surface area contributed by atoms with Gasteiger partial charge in [-0.25, -0.2) is 0 Å². The van der Waals surface area contributed by atoms with E-state index >= 15 is 0 Å². The van der Waals surface area contributed by atoms with Crippen molar-refractivity contribution in [1.82, 2.24) is 14.6 Å². The Hall–Kier alpha value is -2.41. The quantitative estimate of drug-likeness (QED) is 0.354. The summed E-state index contributed by atoms with van der Waals surface area (Å²) in [5, 5.41) is 5.35. The zero-order valence-electron chi connectivity index (χ0n) is 16.3. The molecule has 0 amide bonds. The average molecular weight is 460 g/mol. The Labute approximate surface area is 187 Å². The molecule has 0 N–H and O–H groups in total. The number of rotatable bonds is 7. The Morgan fingerprint density at radius 2 is 1.83 bits per heavy atom. The minimum atomic E-state index is -0.249. The number of ether oxygens (including phenoxy) is 1. The first-order valence-corrected chi connectivity index (χ1v) is 11.2. The van der Waals surface area contributed by atoms with Gasteiger partial charge in [0.15, 0.2) is 5.82 Å².